The highest BCUT2D eigenvalue weighted by molar-refractivity contribution is 5.92. The number of anilines is 2. The molecule has 4 nitrogen and oxygen atoms in total. The Morgan fingerprint density at radius 2 is 2.11 bits per heavy atom. The minimum absolute atomic E-state index is 0.332. The molecule has 18 heavy (non-hydrogen) atoms. The summed E-state index contributed by atoms with van der Waals surface area (Å²) in [5, 5.41) is 0. The largest absolute Gasteiger partial charge is 0.462 e. The third-order valence-corrected chi connectivity index (χ3v) is 3.17. The molecule has 0 saturated heterocycles. The van der Waals surface area contributed by atoms with E-state index in [1.54, 1.807) is 19.1 Å². The van der Waals surface area contributed by atoms with Crippen molar-refractivity contribution in [1.29, 1.82) is 0 Å². The van der Waals surface area contributed by atoms with Crippen LogP contribution in [0.2, 0.25) is 0 Å². The Morgan fingerprint density at radius 1 is 1.44 bits per heavy atom. The van der Waals surface area contributed by atoms with E-state index in [9.17, 15) is 4.79 Å². The van der Waals surface area contributed by atoms with E-state index >= 15 is 0 Å². The summed E-state index contributed by atoms with van der Waals surface area (Å²) in [5.41, 5.74) is 8.04. The van der Waals surface area contributed by atoms with E-state index < -0.39 is 0 Å². The second-order valence-corrected chi connectivity index (χ2v) is 4.36. The molecule has 100 valence electrons. The summed E-state index contributed by atoms with van der Waals surface area (Å²) >= 11 is 0. The first-order chi connectivity index (χ1) is 8.51. The molecule has 0 spiro atoms. The summed E-state index contributed by atoms with van der Waals surface area (Å²) in [6, 6.07) is 5.70. The molecule has 0 bridgehead atoms. The maximum absolute atomic E-state index is 11.6. The predicted octanol–water partition coefficient (Wildman–Crippen LogP) is 2.68. The molecular weight excluding hydrogens is 228 g/mol. The van der Waals surface area contributed by atoms with Gasteiger partial charge in [0.25, 0.3) is 0 Å². The average Bonchev–Trinajstić information content (AvgIpc) is 2.37. The second-order valence-electron chi connectivity index (χ2n) is 4.36. The smallest absolute Gasteiger partial charge is 0.338 e. The number of carbonyl (C=O) groups excluding carboxylic acids is 1. The summed E-state index contributed by atoms with van der Waals surface area (Å²) in [4.78, 5) is 13.7. The Balaban J connectivity index is 2.95. The lowest BCUT2D eigenvalue weighted by Crippen LogP contribution is -2.28. The highest BCUT2D eigenvalue weighted by atomic mass is 16.5. The Kier molecular flexibility index (Phi) is 5.01. The van der Waals surface area contributed by atoms with E-state index in [2.05, 4.69) is 18.7 Å². The number of carbonyl (C=O) groups is 1. The van der Waals surface area contributed by atoms with Crippen molar-refractivity contribution in [1.82, 2.24) is 0 Å². The zero-order chi connectivity index (χ0) is 13.7. The number of nitrogens with zero attached hydrogens (tertiary/aromatic N) is 1. The Morgan fingerprint density at radius 3 is 2.61 bits per heavy atom. The van der Waals surface area contributed by atoms with E-state index in [0.717, 1.165) is 12.1 Å². The van der Waals surface area contributed by atoms with E-state index in [1.165, 1.54) is 0 Å². The molecule has 0 heterocycles. The number of esters is 1. The number of hydrogen-bond donors (Lipinski definition) is 1. The fourth-order valence-corrected chi connectivity index (χ4v) is 1.73. The standard InChI is InChI=1S/C14H22N2O2/c1-5-10(3)16(4)13-8-7-11(9-12(13)15)14(17)18-6-2/h7-10H,5-6,15H2,1-4H3. The van der Waals surface area contributed by atoms with Crippen molar-refractivity contribution in [3.8, 4) is 0 Å². The summed E-state index contributed by atoms with van der Waals surface area (Å²) in [6.45, 7) is 6.42. The lowest BCUT2D eigenvalue weighted by Gasteiger charge is -2.27. The van der Waals surface area contributed by atoms with Gasteiger partial charge in [-0.1, -0.05) is 6.92 Å². The van der Waals surface area contributed by atoms with Gasteiger partial charge in [-0.3, -0.25) is 0 Å². The highest BCUT2D eigenvalue weighted by Gasteiger charge is 2.13. The van der Waals surface area contributed by atoms with Crippen LogP contribution < -0.4 is 10.6 Å². The van der Waals surface area contributed by atoms with Gasteiger partial charge < -0.3 is 15.4 Å². The molecule has 1 atom stereocenters. The van der Waals surface area contributed by atoms with E-state index in [-0.39, 0.29) is 5.97 Å². The van der Waals surface area contributed by atoms with Gasteiger partial charge in [0.05, 0.1) is 23.5 Å². The van der Waals surface area contributed by atoms with Crippen LogP contribution in [0.5, 0.6) is 0 Å². The molecular formula is C14H22N2O2. The molecule has 0 aliphatic heterocycles. The number of nitrogen functional groups attached to an aromatic ring is 1. The molecule has 0 aromatic heterocycles. The van der Waals surface area contributed by atoms with Gasteiger partial charge in [-0.25, -0.2) is 4.79 Å². The number of nitrogens with two attached hydrogens (primary N) is 1. The van der Waals surface area contributed by atoms with Gasteiger partial charge in [0.1, 0.15) is 0 Å². The molecule has 1 unspecified atom stereocenters. The van der Waals surface area contributed by atoms with Crippen molar-refractivity contribution < 1.29 is 9.53 Å². The van der Waals surface area contributed by atoms with Crippen molar-refractivity contribution in [3.05, 3.63) is 23.8 Å². The lowest BCUT2D eigenvalue weighted by molar-refractivity contribution is 0.0526. The quantitative estimate of drug-likeness (QED) is 0.645. The van der Waals surface area contributed by atoms with Gasteiger partial charge in [-0.2, -0.15) is 0 Å². The third kappa shape index (κ3) is 3.15. The van der Waals surface area contributed by atoms with Crippen molar-refractivity contribution in [2.24, 2.45) is 0 Å². The normalized spacial score (nSPS) is 12.0. The molecule has 0 aliphatic rings. The predicted molar refractivity (Wildman–Crippen MR) is 75.0 cm³/mol. The van der Waals surface area contributed by atoms with Crippen LogP contribution in [0.25, 0.3) is 0 Å². The maximum Gasteiger partial charge on any atom is 0.338 e. The fourth-order valence-electron chi connectivity index (χ4n) is 1.73. The second kappa shape index (κ2) is 6.28. The lowest BCUT2D eigenvalue weighted by atomic mass is 10.1. The highest BCUT2D eigenvalue weighted by Crippen LogP contribution is 2.25. The van der Waals surface area contributed by atoms with Crippen LogP contribution in [-0.2, 0) is 4.74 Å². The summed E-state index contributed by atoms with van der Waals surface area (Å²) < 4.78 is 4.94. The van der Waals surface area contributed by atoms with Gasteiger partial charge in [-0.15, -0.1) is 0 Å². The number of benzene rings is 1. The van der Waals surface area contributed by atoms with Gasteiger partial charge in [0, 0.05) is 13.1 Å². The summed E-state index contributed by atoms with van der Waals surface area (Å²) in [7, 11) is 2.00. The zero-order valence-electron chi connectivity index (χ0n) is 11.6. The van der Waals surface area contributed by atoms with Crippen molar-refractivity contribution in [3.63, 3.8) is 0 Å². The maximum atomic E-state index is 11.6. The van der Waals surface area contributed by atoms with Crippen LogP contribution in [-0.4, -0.2) is 25.7 Å². The molecule has 4 heteroatoms. The SMILES string of the molecule is CCOC(=O)c1ccc(N(C)C(C)CC)c(N)c1. The Bertz CT molecular complexity index is 418. The van der Waals surface area contributed by atoms with Crippen LogP contribution in [0.1, 0.15) is 37.6 Å². The Hall–Kier alpha value is -1.71. The van der Waals surface area contributed by atoms with Gasteiger partial charge in [0.2, 0.25) is 0 Å². The minimum atomic E-state index is -0.332. The van der Waals surface area contributed by atoms with Crippen molar-refractivity contribution in [2.45, 2.75) is 33.2 Å². The molecule has 0 amide bonds. The molecule has 1 rings (SSSR count). The van der Waals surface area contributed by atoms with Crippen LogP contribution in [0.3, 0.4) is 0 Å². The Labute approximate surface area is 109 Å². The van der Waals surface area contributed by atoms with E-state index in [4.69, 9.17) is 10.5 Å². The van der Waals surface area contributed by atoms with Crippen molar-refractivity contribution >= 4 is 17.3 Å². The monoisotopic (exact) mass is 250 g/mol. The van der Waals surface area contributed by atoms with Crippen molar-refractivity contribution in [2.75, 3.05) is 24.3 Å². The molecule has 0 radical (unpaired) electrons. The first-order valence-corrected chi connectivity index (χ1v) is 6.30. The first kappa shape index (κ1) is 14.4. The van der Waals surface area contributed by atoms with Gasteiger partial charge in [-0.05, 0) is 38.5 Å². The van der Waals surface area contributed by atoms with E-state index in [1.807, 2.05) is 13.1 Å². The molecule has 1 aromatic carbocycles. The number of rotatable bonds is 5. The number of ether oxygens (including phenoxy) is 1. The fraction of sp³-hybridized carbons (Fsp3) is 0.500. The van der Waals surface area contributed by atoms with Crippen LogP contribution >= 0.6 is 0 Å². The number of hydrogen-bond acceptors (Lipinski definition) is 4. The average molecular weight is 250 g/mol. The first-order valence-electron chi connectivity index (χ1n) is 6.30. The minimum Gasteiger partial charge on any atom is -0.462 e. The van der Waals surface area contributed by atoms with Gasteiger partial charge in [0.15, 0.2) is 0 Å². The molecule has 0 saturated carbocycles. The molecule has 0 aliphatic carbocycles. The van der Waals surface area contributed by atoms with Crippen LogP contribution in [0, 0.1) is 0 Å². The topological polar surface area (TPSA) is 55.6 Å². The third-order valence-electron chi connectivity index (χ3n) is 3.17. The van der Waals surface area contributed by atoms with Gasteiger partial charge >= 0.3 is 5.97 Å². The molecule has 0 fully saturated rings. The molecule has 2 N–H and O–H groups in total. The zero-order valence-corrected chi connectivity index (χ0v) is 11.6. The van der Waals surface area contributed by atoms with Crippen LogP contribution in [0.4, 0.5) is 11.4 Å². The van der Waals surface area contributed by atoms with Crippen LogP contribution in [0.15, 0.2) is 18.2 Å². The molecule has 1 aromatic rings. The summed E-state index contributed by atoms with van der Waals surface area (Å²) in [5.74, 6) is -0.332. The van der Waals surface area contributed by atoms with E-state index in [0.29, 0.717) is 23.9 Å². The summed E-state index contributed by atoms with van der Waals surface area (Å²) in [6.07, 6.45) is 1.04.